The fourth-order valence-corrected chi connectivity index (χ4v) is 2.09. The molecule has 0 saturated heterocycles. The molecule has 0 N–H and O–H groups in total. The average molecular weight is 196 g/mol. The number of pyridine rings is 1. The lowest BCUT2D eigenvalue weighted by molar-refractivity contribution is 0.112. The summed E-state index contributed by atoms with van der Waals surface area (Å²) in [5.74, 6) is 0.480. The van der Waals surface area contributed by atoms with Crippen LogP contribution in [0, 0.1) is 0 Å². The predicted molar refractivity (Wildman–Crippen MR) is 51.4 cm³/mol. The number of rotatable bonds is 1. The van der Waals surface area contributed by atoms with E-state index in [0.29, 0.717) is 16.5 Å². The van der Waals surface area contributed by atoms with Crippen LogP contribution in [0.4, 0.5) is 0 Å². The lowest BCUT2D eigenvalue weighted by Gasteiger charge is -2.05. The highest BCUT2D eigenvalue weighted by Crippen LogP contribution is 2.36. The van der Waals surface area contributed by atoms with Crippen molar-refractivity contribution in [3.05, 3.63) is 28.0 Å². The van der Waals surface area contributed by atoms with Crippen molar-refractivity contribution < 1.29 is 4.79 Å². The maximum atomic E-state index is 10.6. The molecule has 1 heterocycles. The second-order valence-electron chi connectivity index (χ2n) is 3.45. The molecule has 1 atom stereocenters. The molecule has 68 valence electrons. The van der Waals surface area contributed by atoms with Gasteiger partial charge in [0, 0.05) is 11.9 Å². The molecule has 0 unspecified atom stereocenters. The van der Waals surface area contributed by atoms with Gasteiger partial charge in [-0.1, -0.05) is 18.5 Å². The van der Waals surface area contributed by atoms with Crippen molar-refractivity contribution in [2.45, 2.75) is 25.7 Å². The average Bonchev–Trinajstić information content (AvgIpc) is 2.50. The summed E-state index contributed by atoms with van der Waals surface area (Å²) in [6.45, 7) is 2.13. The molecule has 1 aliphatic carbocycles. The first kappa shape index (κ1) is 8.70. The molecule has 0 radical (unpaired) electrons. The molecule has 0 saturated carbocycles. The number of carbonyl (C=O) groups is 1. The van der Waals surface area contributed by atoms with E-state index in [4.69, 9.17) is 11.6 Å². The van der Waals surface area contributed by atoms with Crippen LogP contribution in [0.5, 0.6) is 0 Å². The molecular formula is C10H10ClNO. The highest BCUT2D eigenvalue weighted by molar-refractivity contribution is 6.33. The summed E-state index contributed by atoms with van der Waals surface area (Å²) in [6.07, 6.45) is 4.36. The van der Waals surface area contributed by atoms with E-state index in [1.807, 2.05) is 0 Å². The molecule has 1 aromatic rings. The Morgan fingerprint density at radius 1 is 1.69 bits per heavy atom. The zero-order valence-corrected chi connectivity index (χ0v) is 8.14. The van der Waals surface area contributed by atoms with Gasteiger partial charge in [0.25, 0.3) is 0 Å². The summed E-state index contributed by atoms with van der Waals surface area (Å²) < 4.78 is 0. The van der Waals surface area contributed by atoms with Gasteiger partial charge in [0.2, 0.25) is 0 Å². The number of fused-ring (bicyclic) bond motifs is 1. The molecule has 0 aromatic carbocycles. The second-order valence-corrected chi connectivity index (χ2v) is 3.83. The molecule has 1 aliphatic rings. The Hall–Kier alpha value is -0.890. The molecule has 2 nitrogen and oxygen atoms in total. The van der Waals surface area contributed by atoms with E-state index in [2.05, 4.69) is 11.9 Å². The third kappa shape index (κ3) is 1.25. The van der Waals surface area contributed by atoms with Crippen molar-refractivity contribution in [3.8, 4) is 0 Å². The SMILES string of the molecule is C[C@@H]1CCc2c1ncc(C=O)c2Cl. The van der Waals surface area contributed by atoms with Gasteiger partial charge in [-0.25, -0.2) is 0 Å². The molecular weight excluding hydrogens is 186 g/mol. The smallest absolute Gasteiger partial charge is 0.153 e. The first-order valence-electron chi connectivity index (χ1n) is 4.36. The minimum absolute atomic E-state index is 0.480. The number of aromatic nitrogens is 1. The molecule has 0 fully saturated rings. The Morgan fingerprint density at radius 2 is 2.46 bits per heavy atom. The number of halogens is 1. The number of nitrogens with zero attached hydrogens (tertiary/aromatic N) is 1. The van der Waals surface area contributed by atoms with Gasteiger partial charge in [-0.05, 0) is 24.3 Å². The van der Waals surface area contributed by atoms with Gasteiger partial charge >= 0.3 is 0 Å². The Bertz CT molecular complexity index is 362. The van der Waals surface area contributed by atoms with Crippen LogP contribution in [0.1, 0.15) is 40.9 Å². The maximum absolute atomic E-state index is 10.6. The third-order valence-electron chi connectivity index (χ3n) is 2.59. The summed E-state index contributed by atoms with van der Waals surface area (Å²) in [4.78, 5) is 14.8. The van der Waals surface area contributed by atoms with Crippen LogP contribution in [-0.2, 0) is 6.42 Å². The van der Waals surface area contributed by atoms with Crippen molar-refractivity contribution in [1.82, 2.24) is 4.98 Å². The molecule has 0 aliphatic heterocycles. The van der Waals surface area contributed by atoms with Gasteiger partial charge in [-0.3, -0.25) is 9.78 Å². The summed E-state index contributed by atoms with van der Waals surface area (Å²) in [5, 5.41) is 0.601. The topological polar surface area (TPSA) is 30.0 Å². The molecule has 0 bridgehead atoms. The minimum atomic E-state index is 0.480. The zero-order chi connectivity index (χ0) is 9.42. The van der Waals surface area contributed by atoms with Crippen LogP contribution >= 0.6 is 11.6 Å². The molecule has 2 rings (SSSR count). The van der Waals surface area contributed by atoms with Crippen LogP contribution in [0.25, 0.3) is 0 Å². The van der Waals surface area contributed by atoms with E-state index >= 15 is 0 Å². The molecule has 13 heavy (non-hydrogen) atoms. The molecule has 0 amide bonds. The largest absolute Gasteiger partial charge is 0.298 e. The van der Waals surface area contributed by atoms with Crippen LogP contribution in [0.15, 0.2) is 6.20 Å². The van der Waals surface area contributed by atoms with Crippen molar-refractivity contribution in [1.29, 1.82) is 0 Å². The van der Waals surface area contributed by atoms with Gasteiger partial charge in [0.05, 0.1) is 10.6 Å². The minimum Gasteiger partial charge on any atom is -0.298 e. The molecule has 3 heteroatoms. The Balaban J connectivity index is 2.60. The van der Waals surface area contributed by atoms with Crippen LogP contribution in [0.3, 0.4) is 0 Å². The first-order valence-corrected chi connectivity index (χ1v) is 4.74. The number of hydrogen-bond donors (Lipinski definition) is 0. The Morgan fingerprint density at radius 3 is 3.15 bits per heavy atom. The molecule has 1 aromatic heterocycles. The highest BCUT2D eigenvalue weighted by atomic mass is 35.5. The van der Waals surface area contributed by atoms with E-state index in [9.17, 15) is 4.79 Å². The van der Waals surface area contributed by atoms with Crippen molar-refractivity contribution >= 4 is 17.9 Å². The van der Waals surface area contributed by atoms with Crippen LogP contribution < -0.4 is 0 Å². The van der Waals surface area contributed by atoms with Crippen molar-refractivity contribution in [3.63, 3.8) is 0 Å². The van der Waals surface area contributed by atoms with Gasteiger partial charge in [-0.15, -0.1) is 0 Å². The lowest BCUT2D eigenvalue weighted by Crippen LogP contribution is -1.95. The summed E-state index contributed by atoms with van der Waals surface area (Å²) >= 11 is 6.05. The molecule has 0 spiro atoms. The van der Waals surface area contributed by atoms with E-state index in [0.717, 1.165) is 30.4 Å². The van der Waals surface area contributed by atoms with E-state index in [1.54, 1.807) is 6.20 Å². The van der Waals surface area contributed by atoms with Crippen molar-refractivity contribution in [2.75, 3.05) is 0 Å². The summed E-state index contributed by atoms with van der Waals surface area (Å²) in [5.41, 5.74) is 2.64. The number of carbonyl (C=O) groups excluding carboxylic acids is 1. The normalized spacial score (nSPS) is 20.0. The maximum Gasteiger partial charge on any atom is 0.153 e. The summed E-state index contributed by atoms with van der Waals surface area (Å²) in [6, 6.07) is 0. The van der Waals surface area contributed by atoms with Crippen molar-refractivity contribution in [2.24, 2.45) is 0 Å². The highest BCUT2D eigenvalue weighted by Gasteiger charge is 2.23. The first-order chi connectivity index (χ1) is 6.24. The fourth-order valence-electron chi connectivity index (χ4n) is 1.80. The van der Waals surface area contributed by atoms with Gasteiger partial charge in [0.1, 0.15) is 0 Å². The predicted octanol–water partition coefficient (Wildman–Crippen LogP) is 2.60. The third-order valence-corrected chi connectivity index (χ3v) is 3.04. The van der Waals surface area contributed by atoms with Crippen LogP contribution in [-0.4, -0.2) is 11.3 Å². The van der Waals surface area contributed by atoms with Gasteiger partial charge in [-0.2, -0.15) is 0 Å². The Kier molecular flexibility index (Phi) is 2.08. The monoisotopic (exact) mass is 195 g/mol. The Labute approximate surface area is 81.9 Å². The second kappa shape index (κ2) is 3.11. The van der Waals surface area contributed by atoms with Gasteiger partial charge in [0.15, 0.2) is 6.29 Å². The standard InChI is InChI=1S/C10H10ClNO/c1-6-2-3-8-9(11)7(5-13)4-12-10(6)8/h4-6H,2-3H2,1H3/t6-/m1/s1. The van der Waals surface area contributed by atoms with E-state index in [-0.39, 0.29) is 0 Å². The fraction of sp³-hybridized carbons (Fsp3) is 0.400. The van der Waals surface area contributed by atoms with Gasteiger partial charge < -0.3 is 0 Å². The van der Waals surface area contributed by atoms with E-state index < -0.39 is 0 Å². The quantitative estimate of drug-likeness (QED) is 0.645. The summed E-state index contributed by atoms with van der Waals surface area (Å²) in [7, 11) is 0. The number of hydrogen-bond acceptors (Lipinski definition) is 2. The lowest BCUT2D eigenvalue weighted by atomic mass is 10.1. The van der Waals surface area contributed by atoms with Crippen LogP contribution in [0.2, 0.25) is 5.02 Å². The number of aldehydes is 1. The van der Waals surface area contributed by atoms with E-state index in [1.165, 1.54) is 0 Å². The zero-order valence-electron chi connectivity index (χ0n) is 7.38.